The molecule has 23 heavy (non-hydrogen) atoms. The highest BCUT2D eigenvalue weighted by Gasteiger charge is 2.24. The van der Waals surface area contributed by atoms with Gasteiger partial charge < -0.3 is 15.1 Å². The Morgan fingerprint density at radius 3 is 2.57 bits per heavy atom. The van der Waals surface area contributed by atoms with Gasteiger partial charge in [-0.2, -0.15) is 0 Å². The average Bonchev–Trinajstić information content (AvgIpc) is 2.63. The molecule has 120 valence electrons. The second kappa shape index (κ2) is 7.09. The van der Waals surface area contributed by atoms with Gasteiger partial charge in [0.1, 0.15) is 5.69 Å². The van der Waals surface area contributed by atoms with Crippen LogP contribution in [0.4, 0.5) is 11.5 Å². The summed E-state index contributed by atoms with van der Waals surface area (Å²) in [6, 6.07) is 9.39. The minimum absolute atomic E-state index is 0.00169. The van der Waals surface area contributed by atoms with Crippen molar-refractivity contribution in [2.75, 3.05) is 42.9 Å². The number of rotatable bonds is 4. The van der Waals surface area contributed by atoms with Crippen molar-refractivity contribution in [3.8, 4) is 0 Å². The number of nitrogens with one attached hydrogen (secondary N) is 1. The maximum atomic E-state index is 12.4. The number of piperazine rings is 1. The van der Waals surface area contributed by atoms with Gasteiger partial charge in [0.25, 0.3) is 5.91 Å². The molecule has 0 atom stereocenters. The molecule has 1 saturated heterocycles. The van der Waals surface area contributed by atoms with Crippen LogP contribution in [0, 0.1) is 0 Å². The van der Waals surface area contributed by atoms with E-state index in [2.05, 4.69) is 27.1 Å². The zero-order valence-electron chi connectivity index (χ0n) is 13.3. The number of hydrogen-bond acceptors (Lipinski definition) is 5. The molecule has 1 fully saturated rings. The lowest BCUT2D eigenvalue weighted by atomic mass is 10.2. The molecule has 0 bridgehead atoms. The van der Waals surface area contributed by atoms with Crippen LogP contribution in [0.3, 0.4) is 0 Å². The molecule has 3 rings (SSSR count). The van der Waals surface area contributed by atoms with Crippen molar-refractivity contribution in [1.29, 1.82) is 0 Å². The van der Waals surface area contributed by atoms with Gasteiger partial charge in [0.15, 0.2) is 5.82 Å². The highest BCUT2D eigenvalue weighted by atomic mass is 16.2. The predicted molar refractivity (Wildman–Crippen MR) is 90.8 cm³/mol. The lowest BCUT2D eigenvalue weighted by Gasteiger charge is -2.36. The maximum Gasteiger partial charge on any atom is 0.272 e. The molecule has 6 nitrogen and oxygen atoms in total. The fourth-order valence-electron chi connectivity index (χ4n) is 2.75. The fourth-order valence-corrected chi connectivity index (χ4v) is 2.75. The van der Waals surface area contributed by atoms with Crippen LogP contribution in [-0.4, -0.2) is 53.5 Å². The topological polar surface area (TPSA) is 61.4 Å². The van der Waals surface area contributed by atoms with Crippen LogP contribution in [0.5, 0.6) is 0 Å². The van der Waals surface area contributed by atoms with Gasteiger partial charge in [-0.25, -0.2) is 4.98 Å². The Morgan fingerprint density at radius 1 is 1.09 bits per heavy atom. The lowest BCUT2D eigenvalue weighted by Crippen LogP contribution is -2.49. The number of anilines is 2. The van der Waals surface area contributed by atoms with E-state index in [1.165, 1.54) is 0 Å². The van der Waals surface area contributed by atoms with Gasteiger partial charge in [0, 0.05) is 45.1 Å². The number of hydrogen-bond donors (Lipinski definition) is 1. The summed E-state index contributed by atoms with van der Waals surface area (Å²) in [6.45, 7) is 5.83. The lowest BCUT2D eigenvalue weighted by molar-refractivity contribution is 0.0740. The Hall–Kier alpha value is -2.63. The van der Waals surface area contributed by atoms with Crippen LogP contribution in [0.25, 0.3) is 0 Å². The SMILES string of the molecule is CCNc1cccnc1N1CCN(C(=O)c2ccccn2)CC1. The van der Waals surface area contributed by atoms with E-state index in [9.17, 15) is 4.79 Å². The minimum atomic E-state index is -0.00169. The van der Waals surface area contributed by atoms with Crippen molar-refractivity contribution in [1.82, 2.24) is 14.9 Å². The molecular formula is C17H21N5O. The summed E-state index contributed by atoms with van der Waals surface area (Å²) in [5, 5.41) is 3.34. The summed E-state index contributed by atoms with van der Waals surface area (Å²) in [4.78, 5) is 25.1. The number of aromatic nitrogens is 2. The summed E-state index contributed by atoms with van der Waals surface area (Å²) in [5.41, 5.74) is 1.55. The molecular weight excluding hydrogens is 290 g/mol. The van der Waals surface area contributed by atoms with Crippen LogP contribution in [0.1, 0.15) is 17.4 Å². The normalized spacial score (nSPS) is 14.7. The second-order valence-corrected chi connectivity index (χ2v) is 5.40. The molecule has 3 heterocycles. The summed E-state index contributed by atoms with van der Waals surface area (Å²) in [6.07, 6.45) is 3.46. The Morgan fingerprint density at radius 2 is 1.87 bits per heavy atom. The molecule has 0 radical (unpaired) electrons. The third-order valence-corrected chi connectivity index (χ3v) is 3.90. The first-order chi connectivity index (χ1) is 11.3. The predicted octanol–water partition coefficient (Wildman–Crippen LogP) is 1.87. The molecule has 0 spiro atoms. The molecule has 1 aliphatic heterocycles. The van der Waals surface area contributed by atoms with Crippen molar-refractivity contribution in [3.05, 3.63) is 48.4 Å². The van der Waals surface area contributed by atoms with Gasteiger partial charge in [0.05, 0.1) is 5.69 Å². The molecule has 1 aliphatic rings. The molecule has 0 aromatic carbocycles. The van der Waals surface area contributed by atoms with Gasteiger partial charge in [0.2, 0.25) is 0 Å². The molecule has 2 aromatic rings. The van der Waals surface area contributed by atoms with Gasteiger partial charge in [-0.1, -0.05) is 6.07 Å². The monoisotopic (exact) mass is 311 g/mol. The number of pyridine rings is 2. The quantitative estimate of drug-likeness (QED) is 0.934. The molecule has 1 amide bonds. The van der Waals surface area contributed by atoms with Gasteiger partial charge in [-0.15, -0.1) is 0 Å². The van der Waals surface area contributed by atoms with E-state index >= 15 is 0 Å². The zero-order valence-corrected chi connectivity index (χ0v) is 13.3. The van der Waals surface area contributed by atoms with Crippen LogP contribution >= 0.6 is 0 Å². The average molecular weight is 311 g/mol. The van der Waals surface area contributed by atoms with E-state index in [-0.39, 0.29) is 5.91 Å². The summed E-state index contributed by atoms with van der Waals surface area (Å²) >= 11 is 0. The van der Waals surface area contributed by atoms with E-state index in [1.54, 1.807) is 12.3 Å². The van der Waals surface area contributed by atoms with Crippen molar-refractivity contribution in [2.24, 2.45) is 0 Å². The smallest absolute Gasteiger partial charge is 0.272 e. The van der Waals surface area contributed by atoms with E-state index in [1.807, 2.05) is 35.4 Å². The Kier molecular flexibility index (Phi) is 4.71. The molecule has 0 saturated carbocycles. The van der Waals surface area contributed by atoms with E-state index in [0.717, 1.165) is 31.1 Å². The van der Waals surface area contributed by atoms with E-state index < -0.39 is 0 Å². The Bertz CT molecular complexity index is 653. The first kappa shape index (κ1) is 15.3. The second-order valence-electron chi connectivity index (χ2n) is 5.40. The Labute approximate surface area is 136 Å². The molecule has 2 aromatic heterocycles. The highest BCUT2D eigenvalue weighted by Crippen LogP contribution is 2.23. The first-order valence-electron chi connectivity index (χ1n) is 7.93. The first-order valence-corrected chi connectivity index (χ1v) is 7.93. The molecule has 0 unspecified atom stereocenters. The summed E-state index contributed by atoms with van der Waals surface area (Å²) in [7, 11) is 0. The maximum absolute atomic E-state index is 12.4. The van der Waals surface area contributed by atoms with Crippen molar-refractivity contribution in [3.63, 3.8) is 0 Å². The zero-order chi connectivity index (χ0) is 16.1. The molecule has 6 heteroatoms. The highest BCUT2D eigenvalue weighted by molar-refractivity contribution is 5.92. The van der Waals surface area contributed by atoms with Crippen LogP contribution in [0.15, 0.2) is 42.7 Å². The van der Waals surface area contributed by atoms with Crippen molar-refractivity contribution in [2.45, 2.75) is 6.92 Å². The summed E-state index contributed by atoms with van der Waals surface area (Å²) in [5.74, 6) is 0.956. The van der Waals surface area contributed by atoms with Crippen LogP contribution in [-0.2, 0) is 0 Å². The summed E-state index contributed by atoms with van der Waals surface area (Å²) < 4.78 is 0. The van der Waals surface area contributed by atoms with Gasteiger partial charge in [-0.05, 0) is 31.2 Å². The number of nitrogens with zero attached hydrogens (tertiary/aromatic N) is 4. The van der Waals surface area contributed by atoms with Crippen molar-refractivity contribution < 1.29 is 4.79 Å². The largest absolute Gasteiger partial charge is 0.382 e. The van der Waals surface area contributed by atoms with Crippen molar-refractivity contribution >= 4 is 17.4 Å². The number of carbonyl (C=O) groups excluding carboxylic acids is 1. The third kappa shape index (κ3) is 3.41. The van der Waals surface area contributed by atoms with Gasteiger partial charge in [-0.3, -0.25) is 9.78 Å². The molecule has 1 N–H and O–H groups in total. The number of amides is 1. The van der Waals surface area contributed by atoms with E-state index in [0.29, 0.717) is 18.8 Å². The fraction of sp³-hybridized carbons (Fsp3) is 0.353. The Balaban J connectivity index is 1.66. The number of carbonyl (C=O) groups is 1. The third-order valence-electron chi connectivity index (χ3n) is 3.90. The van der Waals surface area contributed by atoms with Crippen LogP contribution < -0.4 is 10.2 Å². The van der Waals surface area contributed by atoms with Crippen LogP contribution in [0.2, 0.25) is 0 Å². The minimum Gasteiger partial charge on any atom is -0.382 e. The van der Waals surface area contributed by atoms with E-state index in [4.69, 9.17) is 0 Å². The van der Waals surface area contributed by atoms with Gasteiger partial charge >= 0.3 is 0 Å². The standard InChI is InChI=1S/C17H21N5O/c1-2-18-14-7-5-9-20-16(14)21-10-12-22(13-11-21)17(23)15-6-3-4-8-19-15/h3-9,18H,2,10-13H2,1H3. The molecule has 0 aliphatic carbocycles.